The van der Waals surface area contributed by atoms with Gasteiger partial charge in [0.2, 0.25) is 0 Å². The summed E-state index contributed by atoms with van der Waals surface area (Å²) in [6.45, 7) is 7.69. The molecule has 288 valence electrons. The first kappa shape index (κ1) is 34.9. The first-order chi connectivity index (χ1) is 28.7. The van der Waals surface area contributed by atoms with Crippen molar-refractivity contribution in [1.29, 1.82) is 0 Å². The van der Waals surface area contributed by atoms with Crippen LogP contribution in [0.25, 0.3) is 98.0 Å². The third-order valence-corrected chi connectivity index (χ3v) is 11.4. The van der Waals surface area contributed by atoms with Crippen LogP contribution in [0.3, 0.4) is 0 Å². The Morgan fingerprint density at radius 1 is 0.550 bits per heavy atom. The first-order valence-electron chi connectivity index (χ1n) is 19.1. The van der Waals surface area contributed by atoms with Gasteiger partial charge in [-0.15, -0.1) is 0 Å². The average molecular weight is 789 g/mol. The first-order valence-corrected chi connectivity index (χ1v) is 19.1. The molecule has 0 amide bonds. The molecule has 11 rings (SSSR count). The fourth-order valence-corrected chi connectivity index (χ4v) is 9.04. The van der Waals surface area contributed by atoms with Crippen LogP contribution in [-0.2, 0) is 0 Å². The summed E-state index contributed by atoms with van der Waals surface area (Å²) in [6.07, 6.45) is 0. The quantitative estimate of drug-likeness (QED) is 0.0428. The Labute approximate surface area is 335 Å². The number of benzene rings is 7. The number of nitrogens with two attached hydrogens (primary N) is 2. The van der Waals surface area contributed by atoms with Crippen molar-refractivity contribution in [3.05, 3.63) is 113 Å². The van der Waals surface area contributed by atoms with E-state index in [0.29, 0.717) is 81.9 Å². The number of nitrogen functional groups attached to an aromatic ring is 2. The predicted octanol–water partition coefficient (Wildman–Crippen LogP) is 8.24. The highest BCUT2D eigenvalue weighted by Crippen LogP contribution is 2.50. The summed E-state index contributed by atoms with van der Waals surface area (Å²) in [5.41, 5.74) is 15.2. The molecule has 14 nitrogen and oxygen atoms in total. The van der Waals surface area contributed by atoms with Crippen molar-refractivity contribution >= 4 is 121 Å². The van der Waals surface area contributed by atoms with Crippen LogP contribution in [0.4, 0.5) is 22.7 Å². The van der Waals surface area contributed by atoms with E-state index in [0.717, 1.165) is 0 Å². The number of nitro groups is 2. The second-order valence-electron chi connectivity index (χ2n) is 15.8. The zero-order valence-corrected chi connectivity index (χ0v) is 32.2. The molecule has 11 aromatic rings. The Bertz CT molecular complexity index is 4110. The molecule has 0 saturated carbocycles. The molecule has 0 aliphatic heterocycles. The van der Waals surface area contributed by atoms with E-state index in [4.69, 9.17) is 21.4 Å². The maximum Gasteiger partial charge on any atom is 0.287 e. The van der Waals surface area contributed by atoms with Crippen LogP contribution < -0.4 is 22.6 Å². The summed E-state index contributed by atoms with van der Waals surface area (Å²) in [7, 11) is 0. The molecule has 60 heavy (non-hydrogen) atoms. The lowest BCUT2D eigenvalue weighted by molar-refractivity contribution is -0.385. The van der Waals surface area contributed by atoms with Gasteiger partial charge in [0, 0.05) is 78.6 Å². The lowest BCUT2D eigenvalue weighted by Crippen LogP contribution is -2.15. The van der Waals surface area contributed by atoms with E-state index >= 15 is 0 Å². The van der Waals surface area contributed by atoms with Gasteiger partial charge in [-0.1, -0.05) is 63.5 Å². The summed E-state index contributed by atoms with van der Waals surface area (Å²) >= 11 is 0. The second-order valence-corrected chi connectivity index (χ2v) is 15.8. The Hall–Kier alpha value is -8.36. The van der Waals surface area contributed by atoms with Crippen molar-refractivity contribution in [2.75, 3.05) is 11.5 Å². The number of anilines is 2. The maximum absolute atomic E-state index is 14.6. The fourth-order valence-electron chi connectivity index (χ4n) is 9.04. The van der Waals surface area contributed by atoms with Gasteiger partial charge in [-0.05, 0) is 47.2 Å². The van der Waals surface area contributed by atoms with Crippen LogP contribution in [-0.4, -0.2) is 28.6 Å². The number of nitrogens with zero attached hydrogens (tertiary/aromatic N) is 6. The number of non-ortho nitro benzene ring substituents is 1. The molecule has 14 heteroatoms. The van der Waals surface area contributed by atoms with E-state index in [1.54, 1.807) is 30.3 Å². The lowest BCUT2D eigenvalue weighted by atomic mass is 9.84. The van der Waals surface area contributed by atoms with Gasteiger partial charge >= 0.3 is 0 Å². The molecular weight excluding hydrogens is 761 g/mol. The summed E-state index contributed by atoms with van der Waals surface area (Å²) in [4.78, 5) is 63.3. The van der Waals surface area contributed by atoms with Crippen LogP contribution in [0.5, 0.6) is 0 Å². The molecule has 0 fully saturated rings. The Morgan fingerprint density at radius 2 is 1.03 bits per heavy atom. The van der Waals surface area contributed by atoms with E-state index in [-0.39, 0.29) is 61.8 Å². The molecule has 4 N–H and O–H groups in total. The molecule has 0 bridgehead atoms. The van der Waals surface area contributed by atoms with Crippen molar-refractivity contribution in [1.82, 2.24) is 18.8 Å². The van der Waals surface area contributed by atoms with Gasteiger partial charge in [0.15, 0.2) is 0 Å². The van der Waals surface area contributed by atoms with Crippen LogP contribution >= 0.6 is 0 Å². The smallest absolute Gasteiger partial charge is 0.287 e. The van der Waals surface area contributed by atoms with Gasteiger partial charge in [-0.3, -0.25) is 38.6 Å². The average Bonchev–Trinajstić information content (AvgIpc) is 3.77. The van der Waals surface area contributed by atoms with E-state index in [1.807, 2.05) is 39.8 Å². The minimum Gasteiger partial charge on any atom is -0.398 e. The lowest BCUT2D eigenvalue weighted by Gasteiger charge is -2.19. The highest BCUT2D eigenvalue weighted by atomic mass is 16.6. The summed E-state index contributed by atoms with van der Waals surface area (Å²) in [5.74, 6) is 12.1. The number of fused-ring (bicyclic) bond motifs is 10. The van der Waals surface area contributed by atoms with Crippen LogP contribution in [0, 0.1) is 55.7 Å². The van der Waals surface area contributed by atoms with Crippen LogP contribution in [0.15, 0.2) is 70.3 Å². The highest BCUT2D eigenvalue weighted by molar-refractivity contribution is 6.43. The largest absolute Gasteiger partial charge is 0.398 e. The molecule has 4 aromatic heterocycles. The number of nitro benzene ring substituents is 2. The SMILES string of the molecule is CC(C)C#Cc1cc2nc3c4ccc5c6c(N)cc7c(=O)n8c9cc([N+](=O)[O-])c(C#CC(C)C)cc9nc8c8ccc(c9c([N+](=O)[O-])cc(c(=O)n3c2cc1N)c4c59)c6c78. The Kier molecular flexibility index (Phi) is 6.75. The van der Waals surface area contributed by atoms with E-state index in [1.165, 1.54) is 27.0 Å². The van der Waals surface area contributed by atoms with Crippen molar-refractivity contribution in [3.63, 3.8) is 0 Å². The second kappa shape index (κ2) is 11.6. The Morgan fingerprint density at radius 3 is 1.60 bits per heavy atom. The number of aromatic nitrogens is 4. The Balaban J connectivity index is 1.30. The molecular formula is C46H28N8O6. The van der Waals surface area contributed by atoms with Gasteiger partial charge in [0.05, 0.1) is 48.1 Å². The normalized spacial score (nSPS) is 12.2. The molecule has 0 spiro atoms. The number of hydrogen-bond donors (Lipinski definition) is 2. The van der Waals surface area contributed by atoms with Gasteiger partial charge < -0.3 is 11.5 Å². The van der Waals surface area contributed by atoms with Crippen LogP contribution in [0.1, 0.15) is 38.8 Å². The zero-order valence-electron chi connectivity index (χ0n) is 32.2. The molecule has 0 radical (unpaired) electrons. The van der Waals surface area contributed by atoms with Crippen molar-refractivity contribution in [2.24, 2.45) is 11.8 Å². The van der Waals surface area contributed by atoms with Gasteiger partial charge in [0.25, 0.3) is 22.5 Å². The third-order valence-electron chi connectivity index (χ3n) is 11.4. The highest BCUT2D eigenvalue weighted by Gasteiger charge is 2.30. The van der Waals surface area contributed by atoms with E-state index in [2.05, 4.69) is 23.7 Å². The molecule has 0 aliphatic rings. The predicted molar refractivity (Wildman–Crippen MR) is 236 cm³/mol. The minimum atomic E-state index is -0.534. The number of pyridine rings is 2. The molecule has 0 saturated heterocycles. The minimum absolute atomic E-state index is 0.0448. The standard InChI is InChI=1S/C46H28N8O6/c1-19(2)5-7-21-13-31-34(17-29(21)47)51-43(49-31)26-11-9-23-39-30(48)15-27-37-25(12-10-24(41(37)39)40-36(54(59)60)16-28(46(51)56)38(26)42(23)40)44-50-32-14-22(8-6-20(3)4)33(53(57)58)18-35(32)52(44)45(27)55/h9-20H,47-48H2,1-4H3. The number of imidazole rings is 2. The van der Waals surface area contributed by atoms with Gasteiger partial charge in [-0.25, -0.2) is 9.97 Å². The van der Waals surface area contributed by atoms with Gasteiger partial charge in [0.1, 0.15) is 16.9 Å². The van der Waals surface area contributed by atoms with Crippen molar-refractivity contribution in [3.8, 4) is 23.7 Å². The number of hydrogen-bond acceptors (Lipinski definition) is 10. The fraction of sp³-hybridized carbons (Fsp3) is 0.130. The summed E-state index contributed by atoms with van der Waals surface area (Å²) < 4.78 is 2.79. The topological polar surface area (TPSA) is 207 Å². The van der Waals surface area contributed by atoms with Crippen LogP contribution in [0.2, 0.25) is 0 Å². The van der Waals surface area contributed by atoms with Crippen molar-refractivity contribution < 1.29 is 9.85 Å². The maximum atomic E-state index is 14.6. The number of rotatable bonds is 2. The summed E-state index contributed by atoms with van der Waals surface area (Å²) in [5, 5.41) is 30.6. The van der Waals surface area contributed by atoms with Crippen molar-refractivity contribution in [2.45, 2.75) is 27.7 Å². The monoisotopic (exact) mass is 788 g/mol. The summed E-state index contributed by atoms with van der Waals surface area (Å²) in [6, 6.07) is 16.3. The third kappa shape index (κ3) is 4.39. The molecule has 7 aromatic carbocycles. The van der Waals surface area contributed by atoms with E-state index in [9.17, 15) is 29.8 Å². The van der Waals surface area contributed by atoms with Gasteiger partial charge in [-0.2, -0.15) is 0 Å². The molecule has 0 aliphatic carbocycles. The molecule has 4 heterocycles. The zero-order chi connectivity index (χ0) is 41.8. The van der Waals surface area contributed by atoms with E-state index < -0.39 is 21.0 Å². The molecule has 0 unspecified atom stereocenters. The molecule has 0 atom stereocenters.